The number of rotatable bonds is 5. The third-order valence-electron chi connectivity index (χ3n) is 3.16. The summed E-state index contributed by atoms with van der Waals surface area (Å²) < 4.78 is 0. The number of benzene rings is 1. The summed E-state index contributed by atoms with van der Waals surface area (Å²) in [6, 6.07) is 5.19. The molecule has 0 aromatic heterocycles. The quantitative estimate of drug-likeness (QED) is 0.857. The number of hydrogen-bond donors (Lipinski definition) is 2. The molecular formula is C15H19N3O3S. The first-order valence-corrected chi connectivity index (χ1v) is 8.08. The monoisotopic (exact) mass is 321 g/mol. The molecule has 22 heavy (non-hydrogen) atoms. The smallest absolute Gasteiger partial charge is 0.254 e. The van der Waals surface area contributed by atoms with Crippen LogP contribution in [0, 0.1) is 0 Å². The Kier molecular flexibility index (Phi) is 5.43. The van der Waals surface area contributed by atoms with Gasteiger partial charge in [0.05, 0.1) is 18.0 Å². The molecule has 0 fully saturated rings. The largest absolute Gasteiger partial charge is 0.355 e. The van der Waals surface area contributed by atoms with E-state index in [9.17, 15) is 14.4 Å². The minimum Gasteiger partial charge on any atom is -0.355 e. The van der Waals surface area contributed by atoms with Gasteiger partial charge in [-0.2, -0.15) is 0 Å². The maximum Gasteiger partial charge on any atom is 0.254 e. The Morgan fingerprint density at radius 2 is 2.18 bits per heavy atom. The summed E-state index contributed by atoms with van der Waals surface area (Å²) in [6.07, 6.45) is 0.853. The van der Waals surface area contributed by atoms with Crippen molar-refractivity contribution in [2.24, 2.45) is 0 Å². The van der Waals surface area contributed by atoms with E-state index in [1.807, 2.05) is 13.0 Å². The summed E-state index contributed by atoms with van der Waals surface area (Å²) in [5.74, 6) is -0.120. The summed E-state index contributed by atoms with van der Waals surface area (Å²) in [5.41, 5.74) is 1.10. The van der Waals surface area contributed by atoms with Crippen LogP contribution in [0.4, 0.5) is 5.69 Å². The lowest BCUT2D eigenvalue weighted by Gasteiger charge is -2.20. The van der Waals surface area contributed by atoms with E-state index in [1.54, 1.807) is 19.2 Å². The molecule has 118 valence electrons. The zero-order valence-electron chi connectivity index (χ0n) is 12.6. The predicted octanol–water partition coefficient (Wildman–Crippen LogP) is 1.33. The minimum absolute atomic E-state index is 0.0109. The van der Waals surface area contributed by atoms with Crippen molar-refractivity contribution in [1.29, 1.82) is 0 Å². The lowest BCUT2D eigenvalue weighted by atomic mass is 10.1. The summed E-state index contributed by atoms with van der Waals surface area (Å²) in [5, 5.41) is 5.49. The number of nitrogens with one attached hydrogen (secondary N) is 2. The van der Waals surface area contributed by atoms with Crippen LogP contribution in [0.5, 0.6) is 0 Å². The molecule has 1 heterocycles. The number of amides is 3. The molecule has 0 saturated heterocycles. The molecule has 0 bridgehead atoms. The zero-order chi connectivity index (χ0) is 16.1. The van der Waals surface area contributed by atoms with Gasteiger partial charge in [-0.15, -0.1) is 11.8 Å². The average Bonchev–Trinajstić information content (AvgIpc) is 2.51. The van der Waals surface area contributed by atoms with Crippen LogP contribution in [-0.4, -0.2) is 48.5 Å². The fourth-order valence-corrected chi connectivity index (χ4v) is 2.83. The van der Waals surface area contributed by atoms with Gasteiger partial charge in [-0.05, 0) is 24.6 Å². The van der Waals surface area contributed by atoms with Crippen molar-refractivity contribution in [3.8, 4) is 0 Å². The SMILES string of the molecule is CCCNC(=O)CN(C)C(=O)c1ccc2c(c1)NC(=O)CS2. The van der Waals surface area contributed by atoms with Crippen molar-refractivity contribution in [2.75, 3.05) is 31.2 Å². The van der Waals surface area contributed by atoms with Gasteiger partial charge >= 0.3 is 0 Å². The van der Waals surface area contributed by atoms with Crippen molar-refractivity contribution in [2.45, 2.75) is 18.2 Å². The van der Waals surface area contributed by atoms with Crippen molar-refractivity contribution in [3.05, 3.63) is 23.8 Å². The molecule has 0 unspecified atom stereocenters. The van der Waals surface area contributed by atoms with Crippen molar-refractivity contribution < 1.29 is 14.4 Å². The van der Waals surface area contributed by atoms with E-state index in [2.05, 4.69) is 10.6 Å². The highest BCUT2D eigenvalue weighted by Gasteiger charge is 2.19. The molecule has 0 saturated carbocycles. The highest BCUT2D eigenvalue weighted by Crippen LogP contribution is 2.32. The molecule has 0 aliphatic carbocycles. The lowest BCUT2D eigenvalue weighted by Crippen LogP contribution is -2.38. The topological polar surface area (TPSA) is 78.5 Å². The van der Waals surface area contributed by atoms with Crippen LogP contribution < -0.4 is 10.6 Å². The molecule has 0 atom stereocenters. The van der Waals surface area contributed by atoms with Crippen molar-refractivity contribution in [3.63, 3.8) is 0 Å². The predicted molar refractivity (Wildman–Crippen MR) is 86.1 cm³/mol. The van der Waals surface area contributed by atoms with Gasteiger partial charge in [0, 0.05) is 24.1 Å². The Morgan fingerprint density at radius 3 is 2.91 bits per heavy atom. The van der Waals surface area contributed by atoms with Gasteiger partial charge in [-0.3, -0.25) is 14.4 Å². The third-order valence-corrected chi connectivity index (χ3v) is 4.23. The Labute approximate surface area is 133 Å². The van der Waals surface area contributed by atoms with E-state index in [0.717, 1.165) is 11.3 Å². The summed E-state index contributed by atoms with van der Waals surface area (Å²) in [6.45, 7) is 2.58. The molecule has 1 aliphatic heterocycles. The Balaban J connectivity index is 2.04. The summed E-state index contributed by atoms with van der Waals surface area (Å²) in [4.78, 5) is 37.7. The highest BCUT2D eigenvalue weighted by molar-refractivity contribution is 8.00. The van der Waals surface area contributed by atoms with Gasteiger partial charge in [-0.25, -0.2) is 0 Å². The molecule has 2 rings (SSSR count). The van der Waals surface area contributed by atoms with Gasteiger partial charge < -0.3 is 15.5 Å². The lowest BCUT2D eigenvalue weighted by molar-refractivity contribution is -0.121. The number of carbonyl (C=O) groups is 3. The van der Waals surface area contributed by atoms with Gasteiger partial charge in [0.1, 0.15) is 0 Å². The van der Waals surface area contributed by atoms with E-state index >= 15 is 0 Å². The molecule has 1 aliphatic rings. The average molecular weight is 321 g/mol. The van der Waals surface area contributed by atoms with Crippen LogP contribution in [0.2, 0.25) is 0 Å². The number of anilines is 1. The van der Waals surface area contributed by atoms with E-state index in [0.29, 0.717) is 23.5 Å². The van der Waals surface area contributed by atoms with E-state index in [4.69, 9.17) is 0 Å². The Hall–Kier alpha value is -2.02. The molecule has 1 aromatic rings. The molecule has 0 spiro atoms. The first-order chi connectivity index (χ1) is 10.5. The van der Waals surface area contributed by atoms with Crippen molar-refractivity contribution >= 4 is 35.2 Å². The number of thioether (sulfide) groups is 1. The van der Waals surface area contributed by atoms with E-state index < -0.39 is 0 Å². The fourth-order valence-electron chi connectivity index (χ4n) is 2.04. The van der Waals surface area contributed by atoms with Crippen LogP contribution in [0.25, 0.3) is 0 Å². The molecule has 6 nitrogen and oxygen atoms in total. The minimum atomic E-state index is -0.251. The number of hydrogen-bond acceptors (Lipinski definition) is 4. The molecule has 2 N–H and O–H groups in total. The summed E-state index contributed by atoms with van der Waals surface area (Å²) in [7, 11) is 1.58. The summed E-state index contributed by atoms with van der Waals surface area (Å²) >= 11 is 1.44. The second-order valence-electron chi connectivity index (χ2n) is 5.06. The number of likely N-dealkylation sites (N-methyl/N-ethyl adjacent to an activating group) is 1. The molecule has 1 aromatic carbocycles. The normalized spacial score (nSPS) is 13.1. The third kappa shape index (κ3) is 4.00. The van der Waals surface area contributed by atoms with Crippen LogP contribution in [0.3, 0.4) is 0 Å². The molecule has 7 heteroatoms. The fraction of sp³-hybridized carbons (Fsp3) is 0.400. The number of carbonyl (C=O) groups excluding carboxylic acids is 3. The second-order valence-corrected chi connectivity index (χ2v) is 6.08. The first kappa shape index (κ1) is 16.4. The second kappa shape index (κ2) is 7.31. The van der Waals surface area contributed by atoms with Crippen LogP contribution in [0.1, 0.15) is 23.7 Å². The molecular weight excluding hydrogens is 302 g/mol. The standard InChI is InChI=1S/C15H19N3O3S/c1-3-6-16-13(19)8-18(2)15(21)10-4-5-12-11(7-10)17-14(20)9-22-12/h4-5,7H,3,6,8-9H2,1-2H3,(H,16,19)(H,17,20). The maximum absolute atomic E-state index is 12.3. The Morgan fingerprint density at radius 1 is 1.41 bits per heavy atom. The van der Waals surface area contributed by atoms with Crippen molar-refractivity contribution in [1.82, 2.24) is 10.2 Å². The molecule has 3 amide bonds. The van der Waals surface area contributed by atoms with Crippen LogP contribution in [0.15, 0.2) is 23.1 Å². The first-order valence-electron chi connectivity index (χ1n) is 7.10. The zero-order valence-corrected chi connectivity index (χ0v) is 13.5. The Bertz CT molecular complexity index is 604. The van der Waals surface area contributed by atoms with Gasteiger partial charge in [0.15, 0.2) is 0 Å². The van der Waals surface area contributed by atoms with Gasteiger partial charge in [-0.1, -0.05) is 6.92 Å². The number of fused-ring (bicyclic) bond motifs is 1. The molecule has 0 radical (unpaired) electrons. The highest BCUT2D eigenvalue weighted by atomic mass is 32.2. The van der Waals surface area contributed by atoms with Gasteiger partial charge in [0.25, 0.3) is 5.91 Å². The van der Waals surface area contributed by atoms with Crippen LogP contribution in [-0.2, 0) is 9.59 Å². The van der Waals surface area contributed by atoms with Gasteiger partial charge in [0.2, 0.25) is 11.8 Å². The maximum atomic E-state index is 12.3. The van der Waals surface area contributed by atoms with E-state index in [1.165, 1.54) is 16.7 Å². The van der Waals surface area contributed by atoms with Crippen LogP contribution >= 0.6 is 11.8 Å². The number of nitrogens with zero attached hydrogens (tertiary/aromatic N) is 1. The van der Waals surface area contributed by atoms with E-state index in [-0.39, 0.29) is 24.3 Å².